The zero-order chi connectivity index (χ0) is 16.5. The summed E-state index contributed by atoms with van der Waals surface area (Å²) in [5, 5.41) is 14.2. The highest BCUT2D eigenvalue weighted by molar-refractivity contribution is 5.88. The summed E-state index contributed by atoms with van der Waals surface area (Å²) >= 11 is 0. The number of rotatable bonds is 8. The number of aryl methyl sites for hydroxylation is 1. The maximum absolute atomic E-state index is 12.1. The van der Waals surface area contributed by atoms with Crippen molar-refractivity contribution in [2.45, 2.75) is 25.3 Å². The highest BCUT2D eigenvalue weighted by Gasteiger charge is 2.30. The summed E-state index contributed by atoms with van der Waals surface area (Å²) in [5.74, 6) is -0.288. The number of aliphatic hydroxyl groups excluding tert-OH is 1. The van der Waals surface area contributed by atoms with Crippen molar-refractivity contribution in [3.05, 3.63) is 35.9 Å². The number of nitrogens with zero attached hydrogens (tertiary/aromatic N) is 1. The van der Waals surface area contributed by atoms with Gasteiger partial charge in [0, 0.05) is 19.6 Å². The number of hydrogen-bond acceptors (Lipinski definition) is 4. The molecule has 6 nitrogen and oxygen atoms in total. The van der Waals surface area contributed by atoms with Gasteiger partial charge >= 0.3 is 0 Å². The normalized spacial score (nSPS) is 18.5. The average Bonchev–Trinajstić information content (AvgIpc) is 2.57. The van der Waals surface area contributed by atoms with Gasteiger partial charge in [0.2, 0.25) is 11.8 Å². The standard InChI is InChI=1S/C17H25N3O3/c21-12-9-18-16(22)13-15-17(23)19-8-11-20(15)10-4-7-14-5-2-1-3-6-14/h1-3,5-6,15,21H,4,7-13H2,(H,18,22)(H,19,23)/t15-/m0/s1. The zero-order valence-electron chi connectivity index (χ0n) is 13.3. The van der Waals surface area contributed by atoms with E-state index in [1.807, 2.05) is 18.2 Å². The molecule has 1 aromatic rings. The second kappa shape index (κ2) is 9.27. The number of piperazine rings is 1. The van der Waals surface area contributed by atoms with E-state index >= 15 is 0 Å². The average molecular weight is 319 g/mol. The van der Waals surface area contributed by atoms with Crippen LogP contribution in [0.15, 0.2) is 30.3 Å². The number of benzene rings is 1. The monoisotopic (exact) mass is 319 g/mol. The molecular formula is C17H25N3O3. The molecule has 3 N–H and O–H groups in total. The van der Waals surface area contributed by atoms with Crippen LogP contribution in [0.4, 0.5) is 0 Å². The van der Waals surface area contributed by atoms with Crippen LogP contribution in [0.25, 0.3) is 0 Å². The molecule has 1 atom stereocenters. The van der Waals surface area contributed by atoms with E-state index in [2.05, 4.69) is 27.7 Å². The predicted molar refractivity (Wildman–Crippen MR) is 87.8 cm³/mol. The van der Waals surface area contributed by atoms with E-state index in [-0.39, 0.29) is 31.4 Å². The Labute approximate surface area is 136 Å². The lowest BCUT2D eigenvalue weighted by Crippen LogP contribution is -2.56. The molecule has 2 rings (SSSR count). The Hall–Kier alpha value is -1.92. The summed E-state index contributed by atoms with van der Waals surface area (Å²) < 4.78 is 0. The molecule has 1 aromatic carbocycles. The molecular weight excluding hydrogens is 294 g/mol. The summed E-state index contributed by atoms with van der Waals surface area (Å²) in [5.41, 5.74) is 1.28. The third-order valence-electron chi connectivity index (χ3n) is 4.01. The first-order chi connectivity index (χ1) is 11.2. The summed E-state index contributed by atoms with van der Waals surface area (Å²) in [6.07, 6.45) is 2.05. The Morgan fingerprint density at radius 2 is 2.13 bits per heavy atom. The van der Waals surface area contributed by atoms with Gasteiger partial charge in [-0.05, 0) is 24.9 Å². The maximum Gasteiger partial charge on any atom is 0.237 e. The Morgan fingerprint density at radius 1 is 1.35 bits per heavy atom. The van der Waals surface area contributed by atoms with Crippen molar-refractivity contribution in [2.24, 2.45) is 0 Å². The first kappa shape index (κ1) is 17.4. The van der Waals surface area contributed by atoms with E-state index in [1.54, 1.807) is 0 Å². The van der Waals surface area contributed by atoms with E-state index in [0.29, 0.717) is 6.54 Å². The van der Waals surface area contributed by atoms with Crippen LogP contribution < -0.4 is 10.6 Å². The summed E-state index contributed by atoms with van der Waals surface area (Å²) in [6.45, 7) is 2.31. The second-order valence-electron chi connectivity index (χ2n) is 5.71. The van der Waals surface area contributed by atoms with Gasteiger partial charge in [0.15, 0.2) is 0 Å². The van der Waals surface area contributed by atoms with Crippen LogP contribution in [0.5, 0.6) is 0 Å². The van der Waals surface area contributed by atoms with Crippen molar-refractivity contribution in [2.75, 3.05) is 32.8 Å². The van der Waals surface area contributed by atoms with Crippen LogP contribution in [-0.2, 0) is 16.0 Å². The fourth-order valence-electron chi connectivity index (χ4n) is 2.83. The lowest BCUT2D eigenvalue weighted by atomic mass is 10.1. The van der Waals surface area contributed by atoms with Crippen LogP contribution in [0, 0.1) is 0 Å². The lowest BCUT2D eigenvalue weighted by Gasteiger charge is -2.34. The minimum Gasteiger partial charge on any atom is -0.395 e. The Kier molecular flexibility index (Phi) is 7.03. The fourth-order valence-corrected chi connectivity index (χ4v) is 2.83. The molecule has 1 fully saturated rings. The van der Waals surface area contributed by atoms with Crippen molar-refractivity contribution in [1.29, 1.82) is 0 Å². The molecule has 6 heteroatoms. The van der Waals surface area contributed by atoms with E-state index in [1.165, 1.54) is 5.56 Å². The van der Waals surface area contributed by atoms with Gasteiger partial charge in [0.25, 0.3) is 0 Å². The van der Waals surface area contributed by atoms with E-state index < -0.39 is 6.04 Å². The van der Waals surface area contributed by atoms with Crippen molar-refractivity contribution in [3.63, 3.8) is 0 Å². The van der Waals surface area contributed by atoms with Crippen molar-refractivity contribution in [1.82, 2.24) is 15.5 Å². The van der Waals surface area contributed by atoms with Crippen LogP contribution in [-0.4, -0.2) is 60.6 Å². The summed E-state index contributed by atoms with van der Waals surface area (Å²) in [7, 11) is 0. The first-order valence-corrected chi connectivity index (χ1v) is 8.14. The van der Waals surface area contributed by atoms with Gasteiger partial charge in [-0.2, -0.15) is 0 Å². The van der Waals surface area contributed by atoms with Gasteiger partial charge in [-0.25, -0.2) is 0 Å². The molecule has 1 aliphatic rings. The maximum atomic E-state index is 12.1. The molecule has 0 aromatic heterocycles. The Balaban J connectivity index is 1.84. The predicted octanol–water partition coefficient (Wildman–Crippen LogP) is -0.0818. The number of carbonyl (C=O) groups is 2. The van der Waals surface area contributed by atoms with E-state index in [4.69, 9.17) is 5.11 Å². The Morgan fingerprint density at radius 3 is 2.87 bits per heavy atom. The largest absolute Gasteiger partial charge is 0.395 e. The summed E-state index contributed by atoms with van der Waals surface area (Å²) in [6, 6.07) is 9.83. The second-order valence-corrected chi connectivity index (χ2v) is 5.71. The molecule has 126 valence electrons. The van der Waals surface area contributed by atoms with Crippen molar-refractivity contribution < 1.29 is 14.7 Å². The molecule has 1 heterocycles. The van der Waals surface area contributed by atoms with Crippen LogP contribution in [0.3, 0.4) is 0 Å². The van der Waals surface area contributed by atoms with E-state index in [0.717, 1.165) is 25.9 Å². The number of carbonyl (C=O) groups excluding carboxylic acids is 2. The minimum atomic E-state index is -0.418. The van der Waals surface area contributed by atoms with E-state index in [9.17, 15) is 9.59 Å². The van der Waals surface area contributed by atoms with Gasteiger partial charge in [0.1, 0.15) is 0 Å². The SMILES string of the molecule is O=C(C[C@H]1C(=O)NCCN1CCCc1ccccc1)NCCO. The highest BCUT2D eigenvalue weighted by Crippen LogP contribution is 2.11. The molecule has 0 spiro atoms. The highest BCUT2D eigenvalue weighted by atomic mass is 16.3. The molecule has 0 bridgehead atoms. The van der Waals surface area contributed by atoms with Gasteiger partial charge in [-0.3, -0.25) is 14.5 Å². The molecule has 1 aliphatic heterocycles. The molecule has 0 radical (unpaired) electrons. The molecule has 2 amide bonds. The topological polar surface area (TPSA) is 81.7 Å². The third kappa shape index (κ3) is 5.65. The van der Waals surface area contributed by atoms with Crippen LogP contribution in [0.2, 0.25) is 0 Å². The molecule has 1 saturated heterocycles. The van der Waals surface area contributed by atoms with Crippen molar-refractivity contribution in [3.8, 4) is 0 Å². The third-order valence-corrected chi connectivity index (χ3v) is 4.01. The van der Waals surface area contributed by atoms with Gasteiger partial charge < -0.3 is 15.7 Å². The molecule has 0 aliphatic carbocycles. The quantitative estimate of drug-likeness (QED) is 0.626. The Bertz CT molecular complexity index is 507. The van der Waals surface area contributed by atoms with Gasteiger partial charge in [-0.1, -0.05) is 30.3 Å². The zero-order valence-corrected chi connectivity index (χ0v) is 13.3. The smallest absolute Gasteiger partial charge is 0.237 e. The number of nitrogens with one attached hydrogen (secondary N) is 2. The van der Waals surface area contributed by atoms with Crippen molar-refractivity contribution >= 4 is 11.8 Å². The first-order valence-electron chi connectivity index (χ1n) is 8.14. The number of hydrogen-bond donors (Lipinski definition) is 3. The number of aliphatic hydroxyl groups is 1. The molecule has 23 heavy (non-hydrogen) atoms. The molecule has 0 saturated carbocycles. The fraction of sp³-hybridized carbons (Fsp3) is 0.529. The number of amides is 2. The van der Waals surface area contributed by atoms with Crippen LogP contribution >= 0.6 is 0 Å². The molecule has 0 unspecified atom stereocenters. The van der Waals surface area contributed by atoms with Crippen LogP contribution in [0.1, 0.15) is 18.4 Å². The van der Waals surface area contributed by atoms with Gasteiger partial charge in [-0.15, -0.1) is 0 Å². The lowest BCUT2D eigenvalue weighted by molar-refractivity contribution is -0.134. The summed E-state index contributed by atoms with van der Waals surface area (Å²) in [4.78, 5) is 26.0. The van der Waals surface area contributed by atoms with Gasteiger partial charge in [0.05, 0.1) is 19.1 Å². The minimum absolute atomic E-state index is 0.0879.